The predicted octanol–water partition coefficient (Wildman–Crippen LogP) is 1.00. The number of nitrogen functional groups attached to an aromatic ring is 1. The average Bonchev–Trinajstić information content (AvgIpc) is 2.46. The van der Waals surface area contributed by atoms with Crippen molar-refractivity contribution in [1.29, 1.82) is 0 Å². The van der Waals surface area contributed by atoms with Gasteiger partial charge in [0.1, 0.15) is 0 Å². The van der Waals surface area contributed by atoms with Gasteiger partial charge in [-0.1, -0.05) is 29.8 Å². The van der Waals surface area contributed by atoms with Crippen LogP contribution in [0.3, 0.4) is 0 Å². The van der Waals surface area contributed by atoms with Crippen molar-refractivity contribution in [3.8, 4) is 0 Å². The molecule has 19 heavy (non-hydrogen) atoms. The zero-order chi connectivity index (χ0) is 13.7. The molecule has 0 atom stereocenters. The Hall–Kier alpha value is -2.47. The van der Waals surface area contributed by atoms with Crippen LogP contribution < -0.4 is 16.6 Å². The van der Waals surface area contributed by atoms with Crippen LogP contribution in [0.15, 0.2) is 36.4 Å². The third-order valence-electron chi connectivity index (χ3n) is 2.62. The summed E-state index contributed by atoms with van der Waals surface area (Å²) >= 11 is 0. The molecular weight excluding hydrogens is 242 g/mol. The SMILES string of the molecule is Cc1ccc(CNC(=O)c2ccc(NN)nn2)cc1. The summed E-state index contributed by atoms with van der Waals surface area (Å²) in [5.74, 6) is 5.31. The van der Waals surface area contributed by atoms with Gasteiger partial charge in [-0.3, -0.25) is 4.79 Å². The number of aromatic nitrogens is 2. The molecule has 1 aromatic heterocycles. The molecule has 98 valence electrons. The monoisotopic (exact) mass is 257 g/mol. The molecule has 0 aliphatic carbocycles. The highest BCUT2D eigenvalue weighted by Gasteiger charge is 2.07. The second-order valence-corrected chi connectivity index (χ2v) is 4.12. The number of rotatable bonds is 4. The lowest BCUT2D eigenvalue weighted by molar-refractivity contribution is 0.0945. The van der Waals surface area contributed by atoms with Gasteiger partial charge in [0.25, 0.3) is 5.91 Å². The van der Waals surface area contributed by atoms with Crippen molar-refractivity contribution in [3.05, 3.63) is 53.2 Å². The van der Waals surface area contributed by atoms with E-state index in [0.29, 0.717) is 12.4 Å². The fraction of sp³-hybridized carbons (Fsp3) is 0.154. The van der Waals surface area contributed by atoms with Crippen molar-refractivity contribution in [2.75, 3.05) is 5.43 Å². The maximum atomic E-state index is 11.8. The van der Waals surface area contributed by atoms with Crippen molar-refractivity contribution in [3.63, 3.8) is 0 Å². The Balaban J connectivity index is 1.95. The lowest BCUT2D eigenvalue weighted by Gasteiger charge is -2.05. The highest BCUT2D eigenvalue weighted by atomic mass is 16.1. The van der Waals surface area contributed by atoms with Gasteiger partial charge in [-0.15, -0.1) is 10.2 Å². The number of hydrazine groups is 1. The van der Waals surface area contributed by atoms with E-state index in [9.17, 15) is 4.79 Å². The summed E-state index contributed by atoms with van der Waals surface area (Å²) in [6.07, 6.45) is 0. The average molecular weight is 257 g/mol. The largest absolute Gasteiger partial charge is 0.347 e. The molecule has 2 aromatic rings. The number of aryl methyl sites for hydroxylation is 1. The Kier molecular flexibility index (Phi) is 4.04. The van der Waals surface area contributed by atoms with Crippen LogP contribution in [0.4, 0.5) is 5.82 Å². The molecule has 6 heteroatoms. The minimum Gasteiger partial charge on any atom is -0.347 e. The predicted molar refractivity (Wildman–Crippen MR) is 72.2 cm³/mol. The van der Waals surface area contributed by atoms with Crippen molar-refractivity contribution in [1.82, 2.24) is 15.5 Å². The van der Waals surface area contributed by atoms with Gasteiger partial charge < -0.3 is 10.7 Å². The van der Waals surface area contributed by atoms with Crippen molar-refractivity contribution in [2.24, 2.45) is 5.84 Å². The van der Waals surface area contributed by atoms with Crippen LogP contribution in [0.2, 0.25) is 0 Å². The summed E-state index contributed by atoms with van der Waals surface area (Å²) < 4.78 is 0. The van der Waals surface area contributed by atoms with Crippen LogP contribution in [0.1, 0.15) is 21.6 Å². The van der Waals surface area contributed by atoms with Gasteiger partial charge in [-0.05, 0) is 24.6 Å². The molecule has 0 saturated heterocycles. The van der Waals surface area contributed by atoms with E-state index in [1.54, 1.807) is 12.1 Å². The molecule has 0 aliphatic heterocycles. The fourth-order valence-electron chi connectivity index (χ4n) is 1.51. The van der Waals surface area contributed by atoms with E-state index in [4.69, 9.17) is 5.84 Å². The molecule has 0 bridgehead atoms. The number of carbonyl (C=O) groups excluding carboxylic acids is 1. The molecule has 1 aromatic carbocycles. The number of hydrogen-bond donors (Lipinski definition) is 3. The number of nitrogens with one attached hydrogen (secondary N) is 2. The summed E-state index contributed by atoms with van der Waals surface area (Å²) in [4.78, 5) is 11.8. The van der Waals surface area contributed by atoms with E-state index in [1.165, 1.54) is 5.56 Å². The number of nitrogens with zero attached hydrogens (tertiary/aromatic N) is 2. The van der Waals surface area contributed by atoms with Crippen molar-refractivity contribution >= 4 is 11.7 Å². The zero-order valence-corrected chi connectivity index (χ0v) is 10.6. The second-order valence-electron chi connectivity index (χ2n) is 4.12. The normalized spacial score (nSPS) is 10.0. The molecule has 0 aliphatic rings. The third-order valence-corrected chi connectivity index (χ3v) is 2.62. The van der Waals surface area contributed by atoms with Crippen molar-refractivity contribution < 1.29 is 4.79 Å². The molecule has 1 amide bonds. The maximum Gasteiger partial charge on any atom is 0.272 e. The number of hydrogen-bond acceptors (Lipinski definition) is 5. The van der Waals surface area contributed by atoms with E-state index < -0.39 is 0 Å². The summed E-state index contributed by atoms with van der Waals surface area (Å²) in [5.41, 5.74) is 4.83. The lowest BCUT2D eigenvalue weighted by atomic mass is 10.1. The van der Waals surface area contributed by atoms with E-state index >= 15 is 0 Å². The van der Waals surface area contributed by atoms with Gasteiger partial charge >= 0.3 is 0 Å². The standard InChI is InChI=1S/C13H15N5O/c1-9-2-4-10(5-3-9)8-15-13(19)11-6-7-12(16-14)18-17-11/h2-7H,8,14H2,1H3,(H,15,19)(H,16,18). The minimum atomic E-state index is -0.267. The molecule has 1 heterocycles. The lowest BCUT2D eigenvalue weighted by Crippen LogP contribution is -2.24. The minimum absolute atomic E-state index is 0.256. The van der Waals surface area contributed by atoms with Gasteiger partial charge in [0.05, 0.1) is 0 Å². The van der Waals surface area contributed by atoms with E-state index in [-0.39, 0.29) is 11.6 Å². The van der Waals surface area contributed by atoms with E-state index in [0.717, 1.165) is 5.56 Å². The maximum absolute atomic E-state index is 11.8. The van der Waals surface area contributed by atoms with Crippen LogP contribution in [-0.4, -0.2) is 16.1 Å². The van der Waals surface area contributed by atoms with Crippen LogP contribution in [-0.2, 0) is 6.54 Å². The van der Waals surface area contributed by atoms with Gasteiger partial charge in [0.2, 0.25) is 0 Å². The third kappa shape index (κ3) is 3.49. The first-order chi connectivity index (χ1) is 9.19. The smallest absolute Gasteiger partial charge is 0.272 e. The summed E-state index contributed by atoms with van der Waals surface area (Å²) in [7, 11) is 0. The first kappa shape index (κ1) is 13.0. The molecule has 0 radical (unpaired) electrons. The number of carbonyl (C=O) groups is 1. The molecule has 0 saturated carbocycles. The Bertz CT molecular complexity index is 550. The highest BCUT2D eigenvalue weighted by molar-refractivity contribution is 5.92. The Morgan fingerprint density at radius 2 is 1.89 bits per heavy atom. The van der Waals surface area contributed by atoms with Crippen LogP contribution in [0.5, 0.6) is 0 Å². The number of anilines is 1. The summed E-state index contributed by atoms with van der Waals surface area (Å²) in [6.45, 7) is 2.47. The quantitative estimate of drug-likeness (QED) is 0.561. The molecule has 2 rings (SSSR count). The molecule has 4 N–H and O–H groups in total. The van der Waals surface area contributed by atoms with Crippen LogP contribution in [0, 0.1) is 6.92 Å². The van der Waals surface area contributed by atoms with Crippen LogP contribution in [0.25, 0.3) is 0 Å². The topological polar surface area (TPSA) is 92.9 Å². The van der Waals surface area contributed by atoms with Crippen LogP contribution >= 0.6 is 0 Å². The molecular formula is C13H15N5O. The van der Waals surface area contributed by atoms with Gasteiger partial charge in [-0.25, -0.2) is 5.84 Å². The summed E-state index contributed by atoms with van der Waals surface area (Å²) in [6, 6.07) is 11.1. The fourth-order valence-corrected chi connectivity index (χ4v) is 1.51. The molecule has 6 nitrogen and oxygen atoms in total. The van der Waals surface area contributed by atoms with Gasteiger partial charge in [0.15, 0.2) is 11.5 Å². The van der Waals surface area contributed by atoms with Gasteiger partial charge in [0, 0.05) is 6.54 Å². The van der Waals surface area contributed by atoms with E-state index in [2.05, 4.69) is 20.9 Å². The van der Waals surface area contributed by atoms with E-state index in [1.807, 2.05) is 31.2 Å². The number of nitrogens with two attached hydrogens (primary N) is 1. The van der Waals surface area contributed by atoms with Gasteiger partial charge in [-0.2, -0.15) is 0 Å². The zero-order valence-electron chi connectivity index (χ0n) is 10.6. The Morgan fingerprint density at radius 1 is 1.16 bits per heavy atom. The molecule has 0 spiro atoms. The highest BCUT2D eigenvalue weighted by Crippen LogP contribution is 2.04. The summed E-state index contributed by atoms with van der Waals surface area (Å²) in [5, 5.41) is 10.3. The first-order valence-electron chi connectivity index (χ1n) is 5.83. The van der Waals surface area contributed by atoms with Crippen molar-refractivity contribution in [2.45, 2.75) is 13.5 Å². The Labute approximate surface area is 111 Å². The molecule has 0 fully saturated rings. The Morgan fingerprint density at radius 3 is 2.47 bits per heavy atom. The molecule has 0 unspecified atom stereocenters. The second kappa shape index (κ2) is 5.92. The number of benzene rings is 1. The number of amides is 1. The first-order valence-corrected chi connectivity index (χ1v) is 5.83.